The molecule has 2 saturated heterocycles. The Labute approximate surface area is 791 Å². The van der Waals surface area contributed by atoms with Crippen LogP contribution in [0.5, 0.6) is 11.5 Å². The smallest absolute Gasteiger partial charge is 0.223 e. The fourth-order valence-electron chi connectivity index (χ4n) is 14.9. The van der Waals surface area contributed by atoms with Gasteiger partial charge in [0.1, 0.15) is 30.6 Å². The number of terminal acetylenes is 1. The van der Waals surface area contributed by atoms with Crippen molar-refractivity contribution >= 4 is 11.4 Å². The third-order valence-corrected chi connectivity index (χ3v) is 22.8. The molecule has 8 aliphatic rings. The summed E-state index contributed by atoms with van der Waals surface area (Å²) in [5, 5.41) is 8.36. The quantitative estimate of drug-likeness (QED) is 0.0438. The molecule has 6 aromatic carbocycles. The number of ether oxygens (including phenoxy) is 9. The average Bonchev–Trinajstić information content (AvgIpc) is 1.05. The van der Waals surface area contributed by atoms with Gasteiger partial charge in [-0.3, -0.25) is 14.9 Å². The van der Waals surface area contributed by atoms with Gasteiger partial charge >= 0.3 is 0 Å². The van der Waals surface area contributed by atoms with Crippen molar-refractivity contribution < 1.29 is 47.0 Å². The molecule has 6 aromatic rings. The van der Waals surface area contributed by atoms with Crippen molar-refractivity contribution in [3.05, 3.63) is 202 Å². The number of para-hydroxylation sites is 3. The number of aryl methyl sites for hydroxylation is 2. The molecule has 5 heterocycles. The first-order valence-electron chi connectivity index (χ1n) is 49.8. The van der Waals surface area contributed by atoms with E-state index >= 15 is 0 Å². The fraction of sp³-hybridized carbons (Fsp3) is 0.646. The van der Waals surface area contributed by atoms with E-state index in [1.807, 2.05) is 135 Å². The number of nitrogens with one attached hydrogen (secondary N) is 2. The number of piperidine rings is 1. The van der Waals surface area contributed by atoms with E-state index in [0.29, 0.717) is 74.3 Å². The molecule has 17 heteroatoms. The molecule has 4 fully saturated rings. The van der Waals surface area contributed by atoms with E-state index in [-0.39, 0.29) is 47.6 Å². The molecule has 0 spiro atoms. The second kappa shape index (κ2) is 64.0. The summed E-state index contributed by atoms with van der Waals surface area (Å²) in [6.07, 6.45) is 35.8. The van der Waals surface area contributed by atoms with Crippen LogP contribution in [0.4, 0.5) is 15.8 Å². The van der Waals surface area contributed by atoms with Gasteiger partial charge in [0.2, 0.25) is 6.29 Å². The summed E-state index contributed by atoms with van der Waals surface area (Å²) in [6, 6.07) is 47.0. The second-order valence-electron chi connectivity index (χ2n) is 40.6. The standard InChI is InChI=1S/C13H21N.C12H17N.C12H16O3.C12H14O.C11H23NO.C10H14FN.C10H12N2O.C9H18O.C8H17N.C8H16O.C8H14O/c1-13(2,3)14(4)11-10-12-8-6-5-7-9-12;1-10(2)13-9-5-7-11-6-3-4-8-12(11)13;1-9(2)13-8-12-14-7-10-5-3-4-6-11(10)15-12;1-4-11-5-7-12(8-6-11)9-13-10(2)3;1-11(2,3)13-9-6-10-4-7-12-8-5-10;1-7(2)12-10-8(3)5-4-6-9(10)11;1-7(2)13-8-3-4-9-10(5-8)12-6-11-9;1-8(2)10-9-6-4-3-5-7-9;1-8(2,3)9-6-4-5-7-9;1-7(2)9-6-8-4-3-5-8;1-7(2)9-8-5-3-4-6-8/h5-9H,10-11H2,1-4H3;3-4,6,8,10H,5,7,9H2,1-2H3;3-6,9,12H,7-8H2,1-2H3;1,5-8,10H,9H2,2-3H3;10,12H,4-9H2,1-3H3;4-7,12H,1-3H3;3-5,7H,6H2,1-2H3;8-9H,3-7H2,1-2H3;4-7H2,1-3H3;7-8H,3-6H2,1-2H3;3-4,7-8H,5-6H2,1-2H3. The minimum atomic E-state index is -0.276. The van der Waals surface area contributed by atoms with Crippen LogP contribution in [-0.4, -0.2) is 166 Å². The first-order valence-corrected chi connectivity index (χ1v) is 49.8. The maximum Gasteiger partial charge on any atom is 0.223 e. The van der Waals surface area contributed by atoms with Gasteiger partial charge < -0.3 is 63.1 Å². The number of hydrogen-bond donors (Lipinski definition) is 2. The predicted molar refractivity (Wildman–Crippen MR) is 546 cm³/mol. The molecule has 0 bridgehead atoms. The van der Waals surface area contributed by atoms with Crippen molar-refractivity contribution in [1.82, 2.24) is 15.1 Å². The van der Waals surface area contributed by atoms with Gasteiger partial charge in [-0.15, -0.1) is 6.42 Å². The lowest BCUT2D eigenvalue weighted by atomic mass is 9.86. The topological polar surface area (TPSA) is 142 Å². The lowest BCUT2D eigenvalue weighted by Crippen LogP contribution is -2.39. The Hall–Kier alpha value is -7.05. The maximum atomic E-state index is 13.1. The van der Waals surface area contributed by atoms with Crippen molar-refractivity contribution in [3.8, 4) is 23.8 Å². The highest BCUT2D eigenvalue weighted by molar-refractivity contribution is 5.56. The van der Waals surface area contributed by atoms with E-state index in [1.165, 1.54) is 152 Å². The molecule has 0 aromatic heterocycles. The molecule has 3 aliphatic carbocycles. The number of hydrogen-bond acceptors (Lipinski definition) is 16. The number of likely N-dealkylation sites (N-methyl/N-ethyl adjacent to an activating group) is 1. The summed E-state index contributed by atoms with van der Waals surface area (Å²) in [6.45, 7) is 66.6. The molecule has 1 unspecified atom stereocenters. The highest BCUT2D eigenvalue weighted by Crippen LogP contribution is 2.31. The Morgan fingerprint density at radius 3 is 1.71 bits per heavy atom. The van der Waals surface area contributed by atoms with E-state index in [4.69, 9.17) is 49.1 Å². The first kappa shape index (κ1) is 115. The molecular formula is C113H182FN7O9. The number of fused-ring (bicyclic) bond motifs is 3. The van der Waals surface area contributed by atoms with Crippen molar-refractivity contribution in [2.75, 3.05) is 83.0 Å². The van der Waals surface area contributed by atoms with Crippen LogP contribution in [0.25, 0.3) is 0 Å². The summed E-state index contributed by atoms with van der Waals surface area (Å²) >= 11 is 0. The lowest BCUT2D eigenvalue weighted by molar-refractivity contribution is -0.150. The van der Waals surface area contributed by atoms with E-state index in [0.717, 1.165) is 95.3 Å². The van der Waals surface area contributed by atoms with E-state index in [2.05, 4.69) is 233 Å². The van der Waals surface area contributed by atoms with Gasteiger partial charge in [0.25, 0.3) is 0 Å². The number of nitrogens with zero attached hydrogens (tertiary/aromatic N) is 5. The molecule has 130 heavy (non-hydrogen) atoms. The molecule has 0 radical (unpaired) electrons. The van der Waals surface area contributed by atoms with E-state index < -0.39 is 0 Å². The Kier molecular flexibility index (Phi) is 56.8. The van der Waals surface area contributed by atoms with Crippen LogP contribution in [0.2, 0.25) is 0 Å². The van der Waals surface area contributed by atoms with Gasteiger partial charge in [-0.1, -0.05) is 135 Å². The van der Waals surface area contributed by atoms with Crippen LogP contribution >= 0.6 is 0 Å². The summed E-state index contributed by atoms with van der Waals surface area (Å²) in [7, 11) is 2.18. The largest absolute Gasteiger partial charge is 0.491 e. The Morgan fingerprint density at radius 1 is 0.569 bits per heavy atom. The van der Waals surface area contributed by atoms with Crippen molar-refractivity contribution in [2.45, 2.75) is 393 Å². The molecule has 14 rings (SSSR count). The zero-order valence-corrected chi connectivity index (χ0v) is 86.5. The molecule has 0 amide bonds. The third kappa shape index (κ3) is 52.6. The predicted octanol–water partition coefficient (Wildman–Crippen LogP) is 25.5. The van der Waals surface area contributed by atoms with Crippen molar-refractivity contribution in [1.29, 1.82) is 0 Å². The van der Waals surface area contributed by atoms with Crippen LogP contribution < -0.4 is 35.7 Å². The summed E-state index contributed by atoms with van der Waals surface area (Å²) in [5.41, 5.74) is 9.84. The lowest BCUT2D eigenvalue weighted by Gasteiger charge is -2.34. The van der Waals surface area contributed by atoms with Crippen molar-refractivity contribution in [3.63, 3.8) is 0 Å². The van der Waals surface area contributed by atoms with Gasteiger partial charge in [0, 0.05) is 72.3 Å². The zero-order chi connectivity index (χ0) is 96.0. The number of halogens is 1. The zero-order valence-electron chi connectivity index (χ0n) is 86.5. The first-order chi connectivity index (χ1) is 61.7. The number of likely N-dealkylation sites (tertiary alicyclic amines) is 1. The Bertz CT molecular complexity index is 4070. The number of anilines is 2. The van der Waals surface area contributed by atoms with Crippen LogP contribution in [0.1, 0.15) is 309 Å². The fourth-order valence-corrected chi connectivity index (χ4v) is 14.9. The van der Waals surface area contributed by atoms with Crippen LogP contribution in [0.15, 0.2) is 162 Å². The molecule has 2 saturated carbocycles. The third-order valence-electron chi connectivity index (χ3n) is 22.8. The van der Waals surface area contributed by atoms with Gasteiger partial charge in [0.15, 0.2) is 0 Å². The second-order valence-corrected chi connectivity index (χ2v) is 40.6. The average molecular weight is 1800 g/mol. The molecule has 1 atom stereocenters. The minimum Gasteiger partial charge on any atom is -0.491 e. The highest BCUT2D eigenvalue weighted by Gasteiger charge is 2.26. The molecule has 2 N–H and O–H groups in total. The normalized spacial score (nSPS) is 16.6. The van der Waals surface area contributed by atoms with Crippen LogP contribution in [-0.2, 0) is 59.2 Å². The van der Waals surface area contributed by atoms with Gasteiger partial charge in [-0.25, -0.2) is 4.39 Å². The van der Waals surface area contributed by atoms with Gasteiger partial charge in [-0.2, -0.15) is 0 Å². The van der Waals surface area contributed by atoms with Gasteiger partial charge in [0.05, 0.1) is 84.0 Å². The summed E-state index contributed by atoms with van der Waals surface area (Å²) < 4.78 is 63.1. The van der Waals surface area contributed by atoms with E-state index in [1.54, 1.807) is 6.07 Å². The monoisotopic (exact) mass is 1800 g/mol. The molecule has 730 valence electrons. The van der Waals surface area contributed by atoms with Crippen LogP contribution in [0.3, 0.4) is 0 Å². The van der Waals surface area contributed by atoms with Gasteiger partial charge in [-0.05, 0) is 380 Å². The molecular weight excluding hydrogens is 1620 g/mol. The Balaban J connectivity index is 0.000000300. The SMILES string of the molecule is C#Cc1ccc(COC(C)C)cc1.CC(C)(C)N1CCCC1.CC(C)(C)OCCC1CCNCC1.CC(C)N1CCCc2ccccc21.CC(C)OC1CC=CC1.CC(C)OC1CCCCC1.CC(C)OCC1CCC1.CC(C)OCC1OCc2ccccc2O1.CC(C)Oc1ccc2c(c1)=NCN=2.CN(CCc1ccccc1)C(C)(C)C.Cc1cccc(F)c1NC(C)C. The highest BCUT2D eigenvalue weighted by atomic mass is 19.1. The Morgan fingerprint density at radius 2 is 1.16 bits per heavy atom. The maximum absolute atomic E-state index is 13.1. The molecule has 16 nitrogen and oxygen atoms in total. The molecule has 5 aliphatic heterocycles. The summed E-state index contributed by atoms with van der Waals surface area (Å²) in [5.74, 6) is 5.96. The number of rotatable bonds is 24. The number of benzene rings is 6. The minimum absolute atomic E-state index is 0.0346. The van der Waals surface area contributed by atoms with E-state index in [9.17, 15) is 4.39 Å². The van der Waals surface area contributed by atoms with Crippen LogP contribution in [0, 0.1) is 36.9 Å². The van der Waals surface area contributed by atoms with Crippen molar-refractivity contribution in [2.24, 2.45) is 21.8 Å². The summed E-state index contributed by atoms with van der Waals surface area (Å²) in [4.78, 5) is 15.9.